The van der Waals surface area contributed by atoms with Crippen LogP contribution in [0.1, 0.15) is 19.9 Å². The summed E-state index contributed by atoms with van der Waals surface area (Å²) in [6, 6.07) is 9.37. The van der Waals surface area contributed by atoms with E-state index >= 15 is 0 Å². The number of imidazole rings is 1. The number of nitrogens with zero attached hydrogens (tertiary/aromatic N) is 6. The number of hydrogen-bond acceptors (Lipinski definition) is 8. The SMILES string of the molecule is COc1cc(N(C)CCN(C)C)c(N)cc1Nc1nccc(-n2c(=O)n(C(C)C)c3cc(F)ccc32)n1. The summed E-state index contributed by atoms with van der Waals surface area (Å²) in [5, 5.41) is 3.16. The van der Waals surface area contributed by atoms with Gasteiger partial charge in [-0.05, 0) is 52.2 Å². The molecule has 196 valence electrons. The summed E-state index contributed by atoms with van der Waals surface area (Å²) in [4.78, 5) is 26.4. The van der Waals surface area contributed by atoms with E-state index in [4.69, 9.17) is 10.5 Å². The molecule has 10 nitrogen and oxygen atoms in total. The van der Waals surface area contributed by atoms with Crippen molar-refractivity contribution < 1.29 is 9.13 Å². The van der Waals surface area contributed by atoms with Crippen LogP contribution in [0.25, 0.3) is 16.9 Å². The fourth-order valence-electron chi connectivity index (χ4n) is 4.22. The Morgan fingerprint density at radius 2 is 1.86 bits per heavy atom. The average Bonchev–Trinajstić information content (AvgIpc) is 3.13. The molecule has 0 aliphatic heterocycles. The van der Waals surface area contributed by atoms with E-state index in [1.54, 1.807) is 36.1 Å². The number of aromatic nitrogens is 4. The Labute approximate surface area is 215 Å². The zero-order chi connectivity index (χ0) is 26.9. The van der Waals surface area contributed by atoms with Gasteiger partial charge in [-0.1, -0.05) is 0 Å². The molecule has 0 saturated carbocycles. The largest absolute Gasteiger partial charge is 0.494 e. The Morgan fingerprint density at radius 1 is 1.11 bits per heavy atom. The summed E-state index contributed by atoms with van der Waals surface area (Å²) < 4.78 is 22.6. The van der Waals surface area contributed by atoms with Crippen molar-refractivity contribution in [2.45, 2.75) is 19.9 Å². The van der Waals surface area contributed by atoms with Gasteiger partial charge in [-0.15, -0.1) is 0 Å². The lowest BCUT2D eigenvalue weighted by molar-refractivity contribution is 0.413. The molecule has 0 fully saturated rings. The molecule has 0 bridgehead atoms. The first-order valence-electron chi connectivity index (χ1n) is 12.0. The second-order valence-corrected chi connectivity index (χ2v) is 9.41. The molecule has 2 aromatic carbocycles. The Morgan fingerprint density at radius 3 is 2.54 bits per heavy atom. The van der Waals surface area contributed by atoms with Gasteiger partial charge in [0.25, 0.3) is 0 Å². The van der Waals surface area contributed by atoms with Crippen molar-refractivity contribution in [3.8, 4) is 11.6 Å². The van der Waals surface area contributed by atoms with Crippen LogP contribution in [0.3, 0.4) is 0 Å². The molecule has 3 N–H and O–H groups in total. The van der Waals surface area contributed by atoms with Gasteiger partial charge in [0.15, 0.2) is 0 Å². The Balaban J connectivity index is 1.71. The number of ether oxygens (including phenoxy) is 1. The van der Waals surface area contributed by atoms with Crippen LogP contribution in [0.5, 0.6) is 5.75 Å². The molecule has 0 saturated heterocycles. The van der Waals surface area contributed by atoms with Gasteiger partial charge in [-0.2, -0.15) is 4.98 Å². The standard InChI is InChI=1S/C26H33FN8O2/c1-16(2)34-22-13-17(27)7-8-20(22)35(26(34)36)24-9-10-29-25(31-24)30-19-14-18(28)21(15-23(19)37-6)33(5)12-11-32(3)4/h7-10,13-16H,11-12,28H2,1-6H3,(H,29,30,31). The zero-order valence-corrected chi connectivity index (χ0v) is 22.0. The lowest BCUT2D eigenvalue weighted by Crippen LogP contribution is -2.29. The third kappa shape index (κ3) is 5.21. The number of fused-ring (bicyclic) bond motifs is 1. The van der Waals surface area contributed by atoms with Gasteiger partial charge in [0.1, 0.15) is 17.4 Å². The molecule has 4 rings (SSSR count). The van der Waals surface area contributed by atoms with Crippen LogP contribution in [-0.4, -0.2) is 65.3 Å². The van der Waals surface area contributed by atoms with E-state index in [0.29, 0.717) is 34.0 Å². The summed E-state index contributed by atoms with van der Waals surface area (Å²) in [6.07, 6.45) is 1.55. The third-order valence-electron chi connectivity index (χ3n) is 6.11. The number of rotatable bonds is 9. The number of anilines is 4. The Kier molecular flexibility index (Phi) is 7.35. The van der Waals surface area contributed by atoms with Crippen molar-refractivity contribution in [3.63, 3.8) is 0 Å². The molecule has 0 amide bonds. The van der Waals surface area contributed by atoms with Crippen molar-refractivity contribution in [2.24, 2.45) is 0 Å². The van der Waals surface area contributed by atoms with E-state index < -0.39 is 5.82 Å². The molecule has 2 aromatic heterocycles. The van der Waals surface area contributed by atoms with Gasteiger partial charge in [0.05, 0.1) is 35.2 Å². The maximum atomic E-state index is 14.0. The molecule has 4 aromatic rings. The maximum absolute atomic E-state index is 14.0. The molecule has 11 heteroatoms. The first-order chi connectivity index (χ1) is 17.6. The highest BCUT2D eigenvalue weighted by molar-refractivity contribution is 5.80. The van der Waals surface area contributed by atoms with Gasteiger partial charge in [0, 0.05) is 44.5 Å². The van der Waals surface area contributed by atoms with Gasteiger partial charge < -0.3 is 25.6 Å². The molecular formula is C26H33FN8O2. The van der Waals surface area contributed by atoms with E-state index in [2.05, 4.69) is 25.1 Å². The number of benzene rings is 2. The number of halogens is 1. The van der Waals surface area contributed by atoms with Crippen LogP contribution in [0, 0.1) is 5.82 Å². The van der Waals surface area contributed by atoms with Crippen molar-refractivity contribution in [1.82, 2.24) is 24.0 Å². The lowest BCUT2D eigenvalue weighted by Gasteiger charge is -2.24. The smallest absolute Gasteiger partial charge is 0.335 e. The highest BCUT2D eigenvalue weighted by atomic mass is 19.1. The topological polar surface area (TPSA) is 106 Å². The van der Waals surface area contributed by atoms with Crippen molar-refractivity contribution in [1.29, 1.82) is 0 Å². The molecule has 0 radical (unpaired) electrons. The summed E-state index contributed by atoms with van der Waals surface area (Å²) in [5.74, 6) is 0.761. The van der Waals surface area contributed by atoms with Crippen molar-refractivity contribution in [3.05, 3.63) is 58.9 Å². The van der Waals surface area contributed by atoms with Crippen LogP contribution < -0.4 is 26.4 Å². The van der Waals surface area contributed by atoms with Crippen molar-refractivity contribution in [2.75, 3.05) is 57.3 Å². The molecule has 0 aliphatic carbocycles. The van der Waals surface area contributed by atoms with Crippen molar-refractivity contribution >= 4 is 34.0 Å². The number of nitrogen functional groups attached to an aromatic ring is 1. The molecule has 2 heterocycles. The number of likely N-dealkylation sites (N-methyl/N-ethyl adjacent to an activating group) is 2. The van der Waals surface area contributed by atoms with Crippen LogP contribution in [-0.2, 0) is 0 Å². The van der Waals surface area contributed by atoms with E-state index in [9.17, 15) is 9.18 Å². The van der Waals surface area contributed by atoms with Crippen LogP contribution in [0.15, 0.2) is 47.4 Å². The quantitative estimate of drug-likeness (QED) is 0.330. The summed E-state index contributed by atoms with van der Waals surface area (Å²) in [6.45, 7) is 5.42. The second kappa shape index (κ2) is 10.5. The van der Waals surface area contributed by atoms with E-state index in [0.717, 1.165) is 18.8 Å². The maximum Gasteiger partial charge on any atom is 0.335 e. The summed E-state index contributed by atoms with van der Waals surface area (Å²) in [5.41, 5.74) is 9.12. The highest BCUT2D eigenvalue weighted by Crippen LogP contribution is 2.36. The fourth-order valence-corrected chi connectivity index (χ4v) is 4.22. The minimum Gasteiger partial charge on any atom is -0.494 e. The third-order valence-corrected chi connectivity index (χ3v) is 6.11. The predicted octanol–water partition coefficient (Wildman–Crippen LogP) is 3.63. The molecular weight excluding hydrogens is 475 g/mol. The van der Waals surface area contributed by atoms with Gasteiger partial charge in [0.2, 0.25) is 5.95 Å². The minimum atomic E-state index is -0.412. The highest BCUT2D eigenvalue weighted by Gasteiger charge is 2.19. The average molecular weight is 509 g/mol. The van der Waals surface area contributed by atoms with E-state index in [1.807, 2.05) is 41.1 Å². The second-order valence-electron chi connectivity index (χ2n) is 9.41. The minimum absolute atomic E-state index is 0.168. The molecule has 0 atom stereocenters. The number of nitrogens with one attached hydrogen (secondary N) is 1. The summed E-state index contributed by atoms with van der Waals surface area (Å²) >= 11 is 0. The number of nitrogens with two attached hydrogens (primary N) is 1. The summed E-state index contributed by atoms with van der Waals surface area (Å²) in [7, 11) is 7.60. The molecule has 0 aliphatic rings. The number of hydrogen-bond donors (Lipinski definition) is 2. The van der Waals surface area contributed by atoms with E-state index in [-0.39, 0.29) is 17.7 Å². The Bertz CT molecular complexity index is 1480. The monoisotopic (exact) mass is 508 g/mol. The Hall–Kier alpha value is -4.12. The fraction of sp³-hybridized carbons (Fsp3) is 0.346. The number of methoxy groups -OCH3 is 1. The van der Waals surface area contributed by atoms with Crippen LogP contribution >= 0.6 is 0 Å². The first-order valence-corrected chi connectivity index (χ1v) is 12.0. The molecule has 0 unspecified atom stereocenters. The predicted molar refractivity (Wildman–Crippen MR) is 146 cm³/mol. The van der Waals surface area contributed by atoms with Gasteiger partial charge in [-0.3, -0.25) is 4.57 Å². The normalized spacial score (nSPS) is 11.5. The molecule has 37 heavy (non-hydrogen) atoms. The van der Waals surface area contributed by atoms with Gasteiger partial charge in [-0.25, -0.2) is 18.7 Å². The zero-order valence-electron chi connectivity index (χ0n) is 22.0. The first kappa shape index (κ1) is 26.0. The van der Waals surface area contributed by atoms with Crippen LogP contribution in [0.4, 0.5) is 27.4 Å². The van der Waals surface area contributed by atoms with Crippen LogP contribution in [0.2, 0.25) is 0 Å². The lowest BCUT2D eigenvalue weighted by atomic mass is 10.2. The van der Waals surface area contributed by atoms with Gasteiger partial charge >= 0.3 is 5.69 Å². The van der Waals surface area contributed by atoms with E-state index in [1.165, 1.54) is 16.7 Å². The molecule has 0 spiro atoms.